The van der Waals surface area contributed by atoms with Crippen molar-refractivity contribution in [3.05, 3.63) is 35.9 Å². The lowest BCUT2D eigenvalue weighted by Crippen LogP contribution is -2.41. The number of likely N-dealkylation sites (tertiary alicyclic amines) is 1. The fraction of sp³-hybridized carbons (Fsp3) is 0.565. The Labute approximate surface area is 174 Å². The van der Waals surface area contributed by atoms with Crippen LogP contribution in [0, 0.1) is 5.92 Å². The summed E-state index contributed by atoms with van der Waals surface area (Å²) in [6, 6.07) is 7.73. The molecule has 1 aromatic carbocycles. The molecule has 1 aliphatic rings. The van der Waals surface area contributed by atoms with Crippen molar-refractivity contribution >= 4 is 18.1 Å². The molecule has 1 N–H and O–H groups in total. The van der Waals surface area contributed by atoms with Crippen LogP contribution in [-0.4, -0.2) is 48.7 Å². The largest absolute Gasteiger partial charge is 0.494 e. The van der Waals surface area contributed by atoms with Gasteiger partial charge in [-0.05, 0) is 69.7 Å². The molecule has 29 heavy (non-hydrogen) atoms. The van der Waals surface area contributed by atoms with E-state index in [-0.39, 0.29) is 12.0 Å². The number of rotatable bonds is 7. The van der Waals surface area contributed by atoms with E-state index < -0.39 is 5.60 Å². The minimum atomic E-state index is -0.491. The fourth-order valence-electron chi connectivity index (χ4n) is 3.07. The highest BCUT2D eigenvalue weighted by Gasteiger charge is 2.23. The SMILES string of the molecule is CCCOc1ccc(/C=C/C(=O)N2CCC(CNC(=O)OC(C)(C)C)CC2)cc1. The Morgan fingerprint density at radius 2 is 1.83 bits per heavy atom. The number of ether oxygens (including phenoxy) is 2. The standard InChI is InChI=1S/C23H34N2O4/c1-5-16-28-20-9-6-18(7-10-20)8-11-21(26)25-14-12-19(13-15-25)17-24-22(27)29-23(2,3)4/h6-11,19H,5,12-17H2,1-4H3,(H,24,27)/b11-8+. The van der Waals surface area contributed by atoms with Crippen molar-refractivity contribution in [1.82, 2.24) is 10.2 Å². The highest BCUT2D eigenvalue weighted by Crippen LogP contribution is 2.18. The van der Waals surface area contributed by atoms with Gasteiger partial charge in [0.15, 0.2) is 0 Å². The molecule has 1 heterocycles. The van der Waals surface area contributed by atoms with Crippen LogP contribution in [0.3, 0.4) is 0 Å². The van der Waals surface area contributed by atoms with Crippen LogP contribution in [0.2, 0.25) is 0 Å². The van der Waals surface area contributed by atoms with Gasteiger partial charge in [0.1, 0.15) is 11.4 Å². The number of amides is 2. The molecule has 0 atom stereocenters. The summed E-state index contributed by atoms with van der Waals surface area (Å²) in [6.45, 7) is 10.3. The molecule has 0 radical (unpaired) electrons. The highest BCUT2D eigenvalue weighted by atomic mass is 16.6. The number of alkyl carbamates (subject to hydrolysis) is 1. The second-order valence-electron chi connectivity index (χ2n) is 8.40. The third kappa shape index (κ3) is 8.59. The summed E-state index contributed by atoms with van der Waals surface area (Å²) in [5.74, 6) is 1.23. The Bertz CT molecular complexity index is 684. The van der Waals surface area contributed by atoms with Crippen molar-refractivity contribution in [2.24, 2.45) is 5.92 Å². The molecule has 0 aromatic heterocycles. The Morgan fingerprint density at radius 1 is 1.17 bits per heavy atom. The number of nitrogens with one attached hydrogen (secondary N) is 1. The molecule has 0 aliphatic carbocycles. The van der Waals surface area contributed by atoms with E-state index in [1.165, 1.54) is 0 Å². The van der Waals surface area contributed by atoms with Crippen LogP contribution in [-0.2, 0) is 9.53 Å². The first-order valence-corrected chi connectivity index (χ1v) is 10.4. The van der Waals surface area contributed by atoms with Gasteiger partial charge in [-0.1, -0.05) is 19.1 Å². The maximum absolute atomic E-state index is 12.4. The Kier molecular flexibility index (Phi) is 8.55. The van der Waals surface area contributed by atoms with Crippen LogP contribution in [0.15, 0.2) is 30.3 Å². The zero-order chi connectivity index (χ0) is 21.3. The van der Waals surface area contributed by atoms with Crippen LogP contribution in [0.25, 0.3) is 6.08 Å². The minimum Gasteiger partial charge on any atom is -0.494 e. The van der Waals surface area contributed by atoms with Gasteiger partial charge in [-0.25, -0.2) is 4.79 Å². The third-order valence-corrected chi connectivity index (χ3v) is 4.63. The molecule has 2 rings (SSSR count). The van der Waals surface area contributed by atoms with Crippen LogP contribution in [0.1, 0.15) is 52.5 Å². The molecule has 160 valence electrons. The highest BCUT2D eigenvalue weighted by molar-refractivity contribution is 5.91. The van der Waals surface area contributed by atoms with Crippen molar-refractivity contribution in [3.63, 3.8) is 0 Å². The summed E-state index contributed by atoms with van der Waals surface area (Å²) in [5.41, 5.74) is 0.480. The minimum absolute atomic E-state index is 0.0230. The number of carbonyl (C=O) groups is 2. The third-order valence-electron chi connectivity index (χ3n) is 4.63. The van der Waals surface area contributed by atoms with Gasteiger partial charge in [0.05, 0.1) is 6.61 Å². The number of benzene rings is 1. The Morgan fingerprint density at radius 3 is 2.41 bits per heavy atom. The molecular formula is C23H34N2O4. The molecule has 1 saturated heterocycles. The van der Waals surface area contributed by atoms with Crippen molar-refractivity contribution in [1.29, 1.82) is 0 Å². The molecule has 6 heteroatoms. The normalized spacial score (nSPS) is 15.4. The molecular weight excluding hydrogens is 368 g/mol. The van der Waals surface area contributed by atoms with Gasteiger partial charge in [0, 0.05) is 25.7 Å². The number of nitrogens with zero attached hydrogens (tertiary/aromatic N) is 1. The average molecular weight is 403 g/mol. The zero-order valence-corrected chi connectivity index (χ0v) is 18.1. The molecule has 1 aromatic rings. The fourth-order valence-corrected chi connectivity index (χ4v) is 3.07. The lowest BCUT2D eigenvalue weighted by molar-refractivity contribution is -0.127. The summed E-state index contributed by atoms with van der Waals surface area (Å²) in [4.78, 5) is 26.0. The molecule has 0 unspecified atom stereocenters. The van der Waals surface area contributed by atoms with Gasteiger partial charge in [-0.15, -0.1) is 0 Å². The monoisotopic (exact) mass is 402 g/mol. The zero-order valence-electron chi connectivity index (χ0n) is 18.1. The van der Waals surface area contributed by atoms with Crippen molar-refractivity contribution in [2.75, 3.05) is 26.2 Å². The summed E-state index contributed by atoms with van der Waals surface area (Å²) in [7, 11) is 0. The van der Waals surface area contributed by atoms with Gasteiger partial charge in [-0.2, -0.15) is 0 Å². The molecule has 1 aliphatic heterocycles. The van der Waals surface area contributed by atoms with Crippen LogP contribution in [0.4, 0.5) is 4.79 Å². The van der Waals surface area contributed by atoms with Gasteiger partial charge in [-0.3, -0.25) is 4.79 Å². The Balaban J connectivity index is 1.72. The van der Waals surface area contributed by atoms with E-state index in [0.29, 0.717) is 32.2 Å². The lowest BCUT2D eigenvalue weighted by Gasteiger charge is -2.31. The maximum Gasteiger partial charge on any atom is 0.407 e. The smallest absolute Gasteiger partial charge is 0.407 e. The van der Waals surface area contributed by atoms with Gasteiger partial charge >= 0.3 is 6.09 Å². The van der Waals surface area contributed by atoms with E-state index in [4.69, 9.17) is 9.47 Å². The first-order valence-electron chi connectivity index (χ1n) is 10.4. The van der Waals surface area contributed by atoms with Gasteiger partial charge in [0.25, 0.3) is 0 Å². The van der Waals surface area contributed by atoms with Crippen LogP contribution >= 0.6 is 0 Å². The topological polar surface area (TPSA) is 67.9 Å². The quantitative estimate of drug-likeness (QED) is 0.692. The molecule has 0 saturated carbocycles. The Hall–Kier alpha value is -2.50. The molecule has 2 amide bonds. The van der Waals surface area contributed by atoms with Crippen molar-refractivity contribution in [3.8, 4) is 5.75 Å². The van der Waals surface area contributed by atoms with E-state index >= 15 is 0 Å². The predicted octanol–water partition coefficient (Wildman–Crippen LogP) is 4.25. The molecule has 0 bridgehead atoms. The van der Waals surface area contributed by atoms with E-state index in [1.54, 1.807) is 6.08 Å². The second kappa shape index (κ2) is 10.9. The van der Waals surface area contributed by atoms with Gasteiger partial charge in [0.2, 0.25) is 5.91 Å². The number of hydrogen-bond acceptors (Lipinski definition) is 4. The van der Waals surface area contributed by atoms with Gasteiger partial charge < -0.3 is 19.7 Å². The van der Waals surface area contributed by atoms with E-state index in [9.17, 15) is 9.59 Å². The van der Waals surface area contributed by atoms with E-state index in [0.717, 1.165) is 30.6 Å². The first kappa shape index (κ1) is 22.8. The van der Waals surface area contributed by atoms with Crippen LogP contribution in [0.5, 0.6) is 5.75 Å². The van der Waals surface area contributed by atoms with E-state index in [2.05, 4.69) is 12.2 Å². The summed E-state index contributed by atoms with van der Waals surface area (Å²) in [6.07, 6.45) is 5.80. The lowest BCUT2D eigenvalue weighted by atomic mass is 9.97. The molecule has 6 nitrogen and oxygen atoms in total. The molecule has 0 spiro atoms. The average Bonchev–Trinajstić information content (AvgIpc) is 2.69. The molecule has 1 fully saturated rings. The number of hydrogen-bond donors (Lipinski definition) is 1. The van der Waals surface area contributed by atoms with E-state index in [1.807, 2.05) is 56.0 Å². The second-order valence-corrected chi connectivity index (χ2v) is 8.40. The number of piperidine rings is 1. The summed E-state index contributed by atoms with van der Waals surface area (Å²) in [5, 5.41) is 2.83. The summed E-state index contributed by atoms with van der Waals surface area (Å²) >= 11 is 0. The summed E-state index contributed by atoms with van der Waals surface area (Å²) < 4.78 is 10.8. The maximum atomic E-state index is 12.4. The van der Waals surface area contributed by atoms with Crippen molar-refractivity contribution in [2.45, 2.75) is 52.6 Å². The van der Waals surface area contributed by atoms with Crippen LogP contribution < -0.4 is 10.1 Å². The predicted molar refractivity (Wildman–Crippen MR) is 115 cm³/mol. The van der Waals surface area contributed by atoms with Crippen molar-refractivity contribution < 1.29 is 19.1 Å². The number of carbonyl (C=O) groups excluding carboxylic acids is 2. The first-order chi connectivity index (χ1) is 13.8.